The van der Waals surface area contributed by atoms with Crippen molar-refractivity contribution in [1.82, 2.24) is 15.0 Å². The summed E-state index contributed by atoms with van der Waals surface area (Å²) in [4.78, 5) is 25.2. The second kappa shape index (κ2) is 8.95. The Bertz CT molecular complexity index is 1340. The molecule has 9 nitrogen and oxygen atoms in total. The maximum Gasteiger partial charge on any atom is 0.278 e. The van der Waals surface area contributed by atoms with Gasteiger partial charge in [-0.3, -0.25) is 9.59 Å². The summed E-state index contributed by atoms with van der Waals surface area (Å²) in [6.07, 6.45) is 1.37. The molecule has 2 aromatic heterocycles. The van der Waals surface area contributed by atoms with Crippen LogP contribution in [0.4, 0.5) is 15.8 Å². The maximum absolute atomic E-state index is 14.3. The summed E-state index contributed by atoms with van der Waals surface area (Å²) in [5, 5.41) is 13.2. The fourth-order valence-electron chi connectivity index (χ4n) is 3.23. The van der Waals surface area contributed by atoms with Crippen molar-refractivity contribution in [3.8, 4) is 11.4 Å². The fraction of sp³-hybridized carbons (Fsp3) is 0.130. The third kappa shape index (κ3) is 4.45. The maximum atomic E-state index is 14.3. The van der Waals surface area contributed by atoms with E-state index < -0.39 is 17.6 Å². The number of benzene rings is 2. The Hall–Kier alpha value is -4.47. The normalized spacial score (nSPS) is 10.7. The minimum atomic E-state index is -0.650. The Morgan fingerprint density at radius 2 is 1.88 bits per heavy atom. The van der Waals surface area contributed by atoms with Crippen molar-refractivity contribution in [2.45, 2.75) is 13.8 Å². The summed E-state index contributed by atoms with van der Waals surface area (Å²) >= 11 is 0. The largest absolute Gasteiger partial charge is 0.497 e. The van der Waals surface area contributed by atoms with E-state index in [1.54, 1.807) is 39.2 Å². The number of nitrogens with zero attached hydrogens (tertiary/aromatic N) is 3. The van der Waals surface area contributed by atoms with E-state index in [9.17, 15) is 14.0 Å². The molecule has 10 heteroatoms. The van der Waals surface area contributed by atoms with Crippen molar-refractivity contribution in [3.63, 3.8) is 0 Å². The lowest BCUT2D eigenvalue weighted by Crippen LogP contribution is -2.16. The molecule has 168 valence electrons. The molecule has 4 rings (SSSR count). The summed E-state index contributed by atoms with van der Waals surface area (Å²) in [5.41, 5.74) is 1.76. The molecule has 0 aliphatic carbocycles. The molecule has 0 atom stereocenters. The minimum absolute atomic E-state index is 0.0878. The summed E-state index contributed by atoms with van der Waals surface area (Å²) in [6.45, 7) is 3.33. The van der Waals surface area contributed by atoms with Gasteiger partial charge in [-0.25, -0.2) is 9.07 Å². The molecule has 0 spiro atoms. The number of furan rings is 1. The Morgan fingerprint density at radius 3 is 2.61 bits per heavy atom. The van der Waals surface area contributed by atoms with E-state index in [-0.39, 0.29) is 22.6 Å². The van der Waals surface area contributed by atoms with Crippen LogP contribution in [-0.2, 0) is 0 Å². The molecule has 2 heterocycles. The van der Waals surface area contributed by atoms with Gasteiger partial charge in [-0.2, -0.15) is 0 Å². The van der Waals surface area contributed by atoms with Gasteiger partial charge < -0.3 is 19.8 Å². The van der Waals surface area contributed by atoms with Gasteiger partial charge in [0.15, 0.2) is 5.69 Å². The van der Waals surface area contributed by atoms with E-state index in [4.69, 9.17) is 9.15 Å². The Labute approximate surface area is 188 Å². The van der Waals surface area contributed by atoms with Crippen LogP contribution in [0.25, 0.3) is 5.69 Å². The summed E-state index contributed by atoms with van der Waals surface area (Å²) in [7, 11) is 1.56. The number of ether oxygens (including phenoxy) is 1. The number of amides is 2. The highest BCUT2D eigenvalue weighted by Crippen LogP contribution is 2.23. The molecule has 0 unspecified atom stereocenters. The van der Waals surface area contributed by atoms with Gasteiger partial charge in [0.2, 0.25) is 0 Å². The van der Waals surface area contributed by atoms with Crippen LogP contribution in [0.3, 0.4) is 0 Å². The van der Waals surface area contributed by atoms with Crippen LogP contribution in [0.2, 0.25) is 0 Å². The van der Waals surface area contributed by atoms with E-state index in [0.717, 1.165) is 6.07 Å². The summed E-state index contributed by atoms with van der Waals surface area (Å²) in [6, 6.07) is 12.5. The molecule has 0 aliphatic rings. The molecule has 0 fully saturated rings. The number of carbonyl (C=O) groups is 2. The highest BCUT2D eigenvalue weighted by atomic mass is 19.1. The molecular weight excluding hydrogens is 429 g/mol. The van der Waals surface area contributed by atoms with Crippen molar-refractivity contribution < 1.29 is 23.1 Å². The van der Waals surface area contributed by atoms with E-state index in [2.05, 4.69) is 20.9 Å². The van der Waals surface area contributed by atoms with Crippen molar-refractivity contribution in [2.24, 2.45) is 0 Å². The van der Waals surface area contributed by atoms with E-state index in [0.29, 0.717) is 22.9 Å². The summed E-state index contributed by atoms with van der Waals surface area (Å²) < 4.78 is 26.1. The first-order chi connectivity index (χ1) is 15.9. The molecule has 33 heavy (non-hydrogen) atoms. The zero-order valence-electron chi connectivity index (χ0n) is 18.0. The first-order valence-corrected chi connectivity index (χ1v) is 9.90. The number of nitrogens with one attached hydrogen (secondary N) is 2. The molecule has 2 N–H and O–H groups in total. The Morgan fingerprint density at radius 1 is 1.06 bits per heavy atom. The predicted octanol–water partition coefficient (Wildman–Crippen LogP) is 4.13. The lowest BCUT2D eigenvalue weighted by molar-refractivity contribution is 0.101. The monoisotopic (exact) mass is 449 g/mol. The molecule has 4 aromatic rings. The van der Waals surface area contributed by atoms with Gasteiger partial charge in [0.05, 0.1) is 36.0 Å². The van der Waals surface area contributed by atoms with Crippen LogP contribution in [0.5, 0.6) is 5.75 Å². The number of halogens is 1. The van der Waals surface area contributed by atoms with Crippen LogP contribution in [0, 0.1) is 19.7 Å². The van der Waals surface area contributed by atoms with Gasteiger partial charge in [-0.15, -0.1) is 5.10 Å². The number of hydrogen-bond acceptors (Lipinski definition) is 6. The summed E-state index contributed by atoms with van der Waals surface area (Å²) in [5.74, 6) is -0.661. The molecule has 0 radical (unpaired) electrons. The van der Waals surface area contributed by atoms with Crippen LogP contribution in [-0.4, -0.2) is 33.9 Å². The lowest BCUT2D eigenvalue weighted by Gasteiger charge is -2.10. The van der Waals surface area contributed by atoms with Gasteiger partial charge in [-0.05, 0) is 50.2 Å². The van der Waals surface area contributed by atoms with Crippen LogP contribution in [0.1, 0.15) is 32.3 Å². The van der Waals surface area contributed by atoms with Gasteiger partial charge in [0.1, 0.15) is 17.3 Å². The zero-order chi connectivity index (χ0) is 23.5. The number of methoxy groups -OCH3 is 1. The molecule has 2 amide bonds. The molecule has 0 bridgehead atoms. The third-order valence-electron chi connectivity index (χ3n) is 4.98. The van der Waals surface area contributed by atoms with Crippen molar-refractivity contribution >= 4 is 23.2 Å². The number of rotatable bonds is 6. The average molecular weight is 449 g/mol. The van der Waals surface area contributed by atoms with Gasteiger partial charge in [-0.1, -0.05) is 11.3 Å². The van der Waals surface area contributed by atoms with Gasteiger partial charge in [0.25, 0.3) is 11.8 Å². The number of carbonyl (C=O) groups excluding carboxylic acids is 2. The topological polar surface area (TPSA) is 111 Å². The zero-order valence-corrected chi connectivity index (χ0v) is 18.0. The molecule has 0 aliphatic heterocycles. The van der Waals surface area contributed by atoms with Crippen molar-refractivity contribution in [1.29, 1.82) is 0 Å². The molecule has 0 saturated heterocycles. The standard InChI is InChI=1S/C23H20FN5O4/c1-13-21(27-28-29(13)16-5-4-6-17(12-16)32-3)23(31)25-15-7-8-19(24)20(11-15)26-22(30)18-9-10-33-14(18)2/h4-12H,1-3H3,(H,25,31)(H,26,30). The van der Waals surface area contributed by atoms with Crippen LogP contribution >= 0.6 is 0 Å². The van der Waals surface area contributed by atoms with Crippen molar-refractivity contribution in [3.05, 3.63) is 83.3 Å². The first-order valence-electron chi connectivity index (χ1n) is 9.90. The number of hydrogen-bond donors (Lipinski definition) is 2. The second-order valence-corrected chi connectivity index (χ2v) is 7.13. The van der Waals surface area contributed by atoms with Gasteiger partial charge >= 0.3 is 0 Å². The van der Waals surface area contributed by atoms with E-state index >= 15 is 0 Å². The number of anilines is 2. The SMILES string of the molecule is COc1cccc(-n2nnc(C(=O)Nc3ccc(F)c(NC(=O)c4ccoc4C)c3)c2C)c1. The second-order valence-electron chi connectivity index (χ2n) is 7.13. The number of aromatic nitrogens is 3. The minimum Gasteiger partial charge on any atom is -0.497 e. The van der Waals surface area contributed by atoms with E-state index in [1.165, 1.54) is 29.1 Å². The quantitative estimate of drug-likeness (QED) is 0.458. The first kappa shape index (κ1) is 21.8. The average Bonchev–Trinajstić information content (AvgIpc) is 3.41. The molecule has 2 aromatic carbocycles. The fourth-order valence-corrected chi connectivity index (χ4v) is 3.23. The van der Waals surface area contributed by atoms with E-state index in [1.807, 2.05) is 6.07 Å². The Balaban J connectivity index is 1.53. The Kier molecular flexibility index (Phi) is 5.90. The number of aryl methyl sites for hydroxylation is 1. The van der Waals surface area contributed by atoms with Crippen LogP contribution < -0.4 is 15.4 Å². The smallest absolute Gasteiger partial charge is 0.278 e. The molecular formula is C23H20FN5O4. The molecule has 0 saturated carbocycles. The lowest BCUT2D eigenvalue weighted by atomic mass is 10.2. The third-order valence-corrected chi connectivity index (χ3v) is 4.98. The highest BCUT2D eigenvalue weighted by Gasteiger charge is 2.19. The van der Waals surface area contributed by atoms with Crippen LogP contribution in [0.15, 0.2) is 59.2 Å². The highest BCUT2D eigenvalue weighted by molar-refractivity contribution is 6.06. The predicted molar refractivity (Wildman–Crippen MR) is 118 cm³/mol. The van der Waals surface area contributed by atoms with Gasteiger partial charge in [0, 0.05) is 11.8 Å². The van der Waals surface area contributed by atoms with Crippen molar-refractivity contribution in [2.75, 3.05) is 17.7 Å².